The zero-order valence-corrected chi connectivity index (χ0v) is 17.0. The lowest BCUT2D eigenvalue weighted by molar-refractivity contribution is -0.118. The molecule has 2 heterocycles. The second-order valence-electron chi connectivity index (χ2n) is 8.02. The average Bonchev–Trinajstić information content (AvgIpc) is 2.67. The summed E-state index contributed by atoms with van der Waals surface area (Å²) in [6.07, 6.45) is 2.57. The lowest BCUT2D eigenvalue weighted by Gasteiger charge is -2.39. The lowest BCUT2D eigenvalue weighted by atomic mass is 9.81. The zero-order chi connectivity index (χ0) is 19.5. The number of amides is 1. The number of fused-ring (bicyclic) bond motifs is 2. The number of carbonyl (C=O) groups is 1. The Bertz CT molecular complexity index is 854. The first-order valence-corrected chi connectivity index (χ1v) is 10.5. The molecule has 0 aliphatic carbocycles. The van der Waals surface area contributed by atoms with Gasteiger partial charge < -0.3 is 10.1 Å². The van der Waals surface area contributed by atoms with Crippen molar-refractivity contribution in [2.45, 2.75) is 32.7 Å². The summed E-state index contributed by atoms with van der Waals surface area (Å²) in [6, 6.07) is 14.0. The molecule has 148 valence electrons. The number of piperidine rings is 1. The molecule has 0 spiro atoms. The molecule has 1 N–H and O–H groups in total. The Morgan fingerprint density at radius 3 is 2.89 bits per heavy atom. The molecule has 2 atom stereocenters. The van der Waals surface area contributed by atoms with Gasteiger partial charge >= 0.3 is 0 Å². The molecular formula is C23H27ClN2O2. The van der Waals surface area contributed by atoms with Crippen LogP contribution in [0.4, 0.5) is 5.69 Å². The third-order valence-electron chi connectivity index (χ3n) is 5.93. The largest absolute Gasteiger partial charge is 0.491 e. The third kappa shape index (κ3) is 4.50. The van der Waals surface area contributed by atoms with Gasteiger partial charge in [0.2, 0.25) is 5.91 Å². The third-order valence-corrected chi connectivity index (χ3v) is 6.30. The summed E-state index contributed by atoms with van der Waals surface area (Å²) in [6.45, 7) is 5.53. The first kappa shape index (κ1) is 19.3. The summed E-state index contributed by atoms with van der Waals surface area (Å²) in [5.74, 6) is 1.71. The number of nitrogens with one attached hydrogen (secondary N) is 1. The summed E-state index contributed by atoms with van der Waals surface area (Å²) < 4.78 is 6.03. The van der Waals surface area contributed by atoms with Crippen LogP contribution in [0.1, 0.15) is 30.4 Å². The molecule has 4 rings (SSSR count). The van der Waals surface area contributed by atoms with E-state index in [9.17, 15) is 4.79 Å². The van der Waals surface area contributed by atoms with Crippen LogP contribution in [-0.4, -0.2) is 30.5 Å². The number of anilines is 1. The summed E-state index contributed by atoms with van der Waals surface area (Å²) in [5, 5.41) is 3.89. The smallest absolute Gasteiger partial charge is 0.224 e. The maximum absolute atomic E-state index is 12.6. The molecule has 2 aromatic rings. The first-order valence-electron chi connectivity index (χ1n) is 10.1. The highest BCUT2D eigenvalue weighted by atomic mass is 35.5. The van der Waals surface area contributed by atoms with E-state index in [-0.39, 0.29) is 5.91 Å². The normalized spacial score (nSPS) is 23.1. The van der Waals surface area contributed by atoms with Gasteiger partial charge in [-0.15, -0.1) is 0 Å². The minimum Gasteiger partial charge on any atom is -0.491 e. The SMILES string of the molecule is Cc1ccc2c(c1)NC(=O)C[C@@H]1CCN(Cc3ccccc3Cl)C[C@@H]1CCO2. The van der Waals surface area contributed by atoms with Crippen molar-refractivity contribution >= 4 is 23.2 Å². The molecule has 2 aliphatic heterocycles. The van der Waals surface area contributed by atoms with E-state index in [0.717, 1.165) is 54.5 Å². The number of carbonyl (C=O) groups excluding carboxylic acids is 1. The van der Waals surface area contributed by atoms with Crippen molar-refractivity contribution in [3.63, 3.8) is 0 Å². The first-order chi connectivity index (χ1) is 13.6. The fraction of sp³-hybridized carbons (Fsp3) is 0.435. The summed E-state index contributed by atoms with van der Waals surface area (Å²) in [7, 11) is 0. The Hall–Kier alpha value is -2.04. The van der Waals surface area contributed by atoms with Crippen molar-refractivity contribution in [1.82, 2.24) is 4.90 Å². The second-order valence-corrected chi connectivity index (χ2v) is 8.43. The summed E-state index contributed by atoms with van der Waals surface area (Å²) >= 11 is 6.35. The van der Waals surface area contributed by atoms with Gasteiger partial charge in [0, 0.05) is 24.5 Å². The van der Waals surface area contributed by atoms with Gasteiger partial charge in [0.15, 0.2) is 0 Å². The molecule has 4 nitrogen and oxygen atoms in total. The van der Waals surface area contributed by atoms with E-state index in [1.807, 2.05) is 43.3 Å². The number of hydrogen-bond acceptors (Lipinski definition) is 3. The number of rotatable bonds is 2. The van der Waals surface area contributed by atoms with E-state index < -0.39 is 0 Å². The Morgan fingerprint density at radius 1 is 1.18 bits per heavy atom. The van der Waals surface area contributed by atoms with Crippen LogP contribution in [-0.2, 0) is 11.3 Å². The minimum atomic E-state index is 0.0897. The topological polar surface area (TPSA) is 41.6 Å². The molecule has 2 aromatic carbocycles. The van der Waals surface area contributed by atoms with Gasteiger partial charge in [-0.3, -0.25) is 9.69 Å². The van der Waals surface area contributed by atoms with Gasteiger partial charge in [-0.05, 0) is 67.5 Å². The van der Waals surface area contributed by atoms with Gasteiger partial charge in [-0.2, -0.15) is 0 Å². The quantitative estimate of drug-likeness (QED) is 0.782. The highest BCUT2D eigenvalue weighted by molar-refractivity contribution is 6.31. The molecule has 0 radical (unpaired) electrons. The molecule has 1 saturated heterocycles. The van der Waals surface area contributed by atoms with Crippen molar-refractivity contribution in [3.05, 3.63) is 58.6 Å². The van der Waals surface area contributed by atoms with Crippen LogP contribution in [0, 0.1) is 18.8 Å². The van der Waals surface area contributed by atoms with E-state index in [1.165, 1.54) is 5.56 Å². The number of likely N-dealkylation sites (tertiary alicyclic amines) is 1. The van der Waals surface area contributed by atoms with Crippen molar-refractivity contribution in [1.29, 1.82) is 0 Å². The van der Waals surface area contributed by atoms with Gasteiger partial charge in [0.05, 0.1) is 12.3 Å². The molecule has 0 bridgehead atoms. The average molecular weight is 399 g/mol. The molecule has 1 fully saturated rings. The number of aryl methyl sites for hydroxylation is 1. The molecule has 0 saturated carbocycles. The molecule has 2 aliphatic rings. The van der Waals surface area contributed by atoms with E-state index >= 15 is 0 Å². The van der Waals surface area contributed by atoms with E-state index in [4.69, 9.17) is 16.3 Å². The lowest BCUT2D eigenvalue weighted by Crippen LogP contribution is -2.42. The Kier molecular flexibility index (Phi) is 5.88. The minimum absolute atomic E-state index is 0.0897. The molecular weight excluding hydrogens is 372 g/mol. The Morgan fingerprint density at radius 2 is 2.04 bits per heavy atom. The maximum atomic E-state index is 12.6. The molecule has 0 unspecified atom stereocenters. The van der Waals surface area contributed by atoms with Crippen LogP contribution in [0.3, 0.4) is 0 Å². The van der Waals surface area contributed by atoms with Crippen molar-refractivity contribution in [2.75, 3.05) is 25.0 Å². The number of benzene rings is 2. The number of halogens is 1. The molecule has 28 heavy (non-hydrogen) atoms. The van der Waals surface area contributed by atoms with Gasteiger partial charge in [0.25, 0.3) is 0 Å². The number of ether oxygens (including phenoxy) is 1. The van der Waals surface area contributed by atoms with Crippen LogP contribution >= 0.6 is 11.6 Å². The predicted octanol–water partition coefficient (Wildman–Crippen LogP) is 4.90. The van der Waals surface area contributed by atoms with E-state index in [2.05, 4.69) is 16.3 Å². The van der Waals surface area contributed by atoms with Crippen LogP contribution < -0.4 is 10.1 Å². The molecule has 0 aromatic heterocycles. The van der Waals surface area contributed by atoms with Crippen LogP contribution in [0.2, 0.25) is 5.02 Å². The Labute approximate surface area is 171 Å². The van der Waals surface area contributed by atoms with Crippen molar-refractivity contribution in [3.8, 4) is 5.75 Å². The Balaban J connectivity index is 1.46. The standard InChI is InChI=1S/C23H27ClN2O2/c1-16-6-7-22-21(12-16)25-23(27)13-17-8-10-26(14-18(17)9-11-28-22)15-19-4-2-3-5-20(19)24/h2-7,12,17-18H,8-11,13-15H2,1H3,(H,25,27)/t17-,18-/m0/s1. The fourth-order valence-electron chi connectivity index (χ4n) is 4.39. The van der Waals surface area contributed by atoms with Crippen LogP contribution in [0.15, 0.2) is 42.5 Å². The van der Waals surface area contributed by atoms with E-state index in [1.54, 1.807) is 0 Å². The number of nitrogens with zero attached hydrogens (tertiary/aromatic N) is 1. The van der Waals surface area contributed by atoms with Crippen LogP contribution in [0.25, 0.3) is 0 Å². The van der Waals surface area contributed by atoms with Crippen LogP contribution in [0.5, 0.6) is 5.75 Å². The fourth-order valence-corrected chi connectivity index (χ4v) is 4.59. The van der Waals surface area contributed by atoms with Gasteiger partial charge in [0.1, 0.15) is 5.75 Å². The van der Waals surface area contributed by atoms with Crippen molar-refractivity contribution in [2.24, 2.45) is 11.8 Å². The monoisotopic (exact) mass is 398 g/mol. The summed E-state index contributed by atoms with van der Waals surface area (Å²) in [5.41, 5.74) is 3.07. The highest BCUT2D eigenvalue weighted by Gasteiger charge is 2.31. The predicted molar refractivity (Wildman–Crippen MR) is 113 cm³/mol. The van der Waals surface area contributed by atoms with Gasteiger partial charge in [-0.1, -0.05) is 35.9 Å². The maximum Gasteiger partial charge on any atom is 0.224 e. The van der Waals surface area contributed by atoms with Crippen molar-refractivity contribution < 1.29 is 9.53 Å². The second kappa shape index (κ2) is 8.54. The highest BCUT2D eigenvalue weighted by Crippen LogP contribution is 2.34. The molecule has 5 heteroatoms. The molecule has 1 amide bonds. The zero-order valence-electron chi connectivity index (χ0n) is 16.3. The number of hydrogen-bond donors (Lipinski definition) is 1. The van der Waals surface area contributed by atoms with E-state index in [0.29, 0.717) is 24.9 Å². The summed E-state index contributed by atoms with van der Waals surface area (Å²) in [4.78, 5) is 15.1. The van der Waals surface area contributed by atoms with Gasteiger partial charge in [-0.25, -0.2) is 0 Å².